The fraction of sp³-hybridized carbons (Fsp3) is 0.240. The zero-order valence-corrected chi connectivity index (χ0v) is 17.7. The molecule has 0 radical (unpaired) electrons. The van der Waals surface area contributed by atoms with E-state index in [0.29, 0.717) is 18.8 Å². The van der Waals surface area contributed by atoms with Crippen LogP contribution in [0, 0.1) is 0 Å². The first kappa shape index (κ1) is 21.0. The van der Waals surface area contributed by atoms with Crippen LogP contribution in [0.5, 0.6) is 5.75 Å². The minimum atomic E-state index is -0.291. The maximum absolute atomic E-state index is 12.3. The molecular weight excluding hydrogens is 380 g/mol. The molecule has 0 aromatic heterocycles. The van der Waals surface area contributed by atoms with Crippen molar-refractivity contribution in [2.75, 3.05) is 12.9 Å². The molecule has 0 bridgehead atoms. The van der Waals surface area contributed by atoms with Crippen LogP contribution in [0.15, 0.2) is 72.8 Å². The predicted octanol–water partition coefficient (Wildman–Crippen LogP) is 6.36. The fourth-order valence-electron chi connectivity index (χ4n) is 3.01. The number of thioether (sulfide) groups is 1. The second-order valence-electron chi connectivity index (χ2n) is 6.75. The molecule has 3 nitrogen and oxygen atoms in total. The van der Waals surface area contributed by atoms with E-state index in [0.717, 1.165) is 34.6 Å². The highest BCUT2D eigenvalue weighted by Gasteiger charge is 2.12. The molecule has 0 spiro atoms. The molecule has 29 heavy (non-hydrogen) atoms. The van der Waals surface area contributed by atoms with E-state index in [9.17, 15) is 4.79 Å². The average Bonchev–Trinajstić information content (AvgIpc) is 2.77. The van der Waals surface area contributed by atoms with Gasteiger partial charge in [-0.3, -0.25) is 0 Å². The van der Waals surface area contributed by atoms with E-state index < -0.39 is 0 Å². The van der Waals surface area contributed by atoms with Crippen LogP contribution in [-0.2, 0) is 17.1 Å². The summed E-state index contributed by atoms with van der Waals surface area (Å²) in [6.45, 7) is 2.91. The monoisotopic (exact) mass is 406 g/mol. The Balaban J connectivity index is 1.91. The first-order valence-electron chi connectivity index (χ1n) is 9.77. The normalized spacial score (nSPS) is 10.6. The lowest BCUT2D eigenvalue weighted by atomic mass is 10.00. The van der Waals surface area contributed by atoms with Gasteiger partial charge in [-0.05, 0) is 53.6 Å². The standard InChI is InChI=1S/C25H26O3S/c1-3-14-27-25(26)22-11-7-10-21(16-22)23-15-20(18-29-2)12-13-24(23)28-17-19-8-5-4-6-9-19/h4-13,15-16H,3,14,17-18H2,1-2H3. The van der Waals surface area contributed by atoms with Gasteiger partial charge in [0.25, 0.3) is 0 Å². The van der Waals surface area contributed by atoms with Gasteiger partial charge in [0.1, 0.15) is 12.4 Å². The summed E-state index contributed by atoms with van der Waals surface area (Å²) < 4.78 is 11.4. The first-order chi connectivity index (χ1) is 14.2. The highest BCUT2D eigenvalue weighted by atomic mass is 32.2. The van der Waals surface area contributed by atoms with Crippen LogP contribution in [0.25, 0.3) is 11.1 Å². The molecule has 0 N–H and O–H groups in total. The van der Waals surface area contributed by atoms with E-state index in [1.165, 1.54) is 5.56 Å². The van der Waals surface area contributed by atoms with Crippen LogP contribution < -0.4 is 4.74 Å². The molecular formula is C25H26O3S. The summed E-state index contributed by atoms with van der Waals surface area (Å²) >= 11 is 1.78. The predicted molar refractivity (Wildman–Crippen MR) is 120 cm³/mol. The quantitative estimate of drug-likeness (QED) is 0.387. The third kappa shape index (κ3) is 5.88. The summed E-state index contributed by atoms with van der Waals surface area (Å²) in [6, 6.07) is 23.9. The summed E-state index contributed by atoms with van der Waals surface area (Å²) in [5, 5.41) is 0. The molecule has 0 aliphatic carbocycles. The Bertz CT molecular complexity index is 938. The van der Waals surface area contributed by atoms with Crippen molar-refractivity contribution in [2.45, 2.75) is 25.7 Å². The van der Waals surface area contributed by atoms with Crippen molar-refractivity contribution in [1.29, 1.82) is 0 Å². The van der Waals surface area contributed by atoms with Crippen molar-refractivity contribution in [3.8, 4) is 16.9 Å². The molecule has 0 amide bonds. The minimum Gasteiger partial charge on any atom is -0.488 e. The number of esters is 1. The molecule has 0 aliphatic heterocycles. The molecule has 0 heterocycles. The van der Waals surface area contributed by atoms with Gasteiger partial charge >= 0.3 is 5.97 Å². The molecule has 0 saturated carbocycles. The number of ether oxygens (including phenoxy) is 2. The highest BCUT2D eigenvalue weighted by molar-refractivity contribution is 7.97. The van der Waals surface area contributed by atoms with Crippen molar-refractivity contribution >= 4 is 17.7 Å². The molecule has 3 aromatic rings. The molecule has 4 heteroatoms. The third-order valence-corrected chi connectivity index (χ3v) is 5.06. The molecule has 0 fully saturated rings. The lowest BCUT2D eigenvalue weighted by Crippen LogP contribution is -2.06. The third-order valence-electron chi connectivity index (χ3n) is 4.44. The maximum atomic E-state index is 12.3. The Morgan fingerprint density at radius 2 is 1.76 bits per heavy atom. The Kier molecular flexibility index (Phi) is 7.77. The van der Waals surface area contributed by atoms with Gasteiger partial charge in [0, 0.05) is 11.3 Å². The van der Waals surface area contributed by atoms with Crippen molar-refractivity contribution in [2.24, 2.45) is 0 Å². The number of hydrogen-bond donors (Lipinski definition) is 0. The molecule has 0 saturated heterocycles. The number of carbonyl (C=O) groups excluding carboxylic acids is 1. The zero-order valence-electron chi connectivity index (χ0n) is 16.9. The minimum absolute atomic E-state index is 0.291. The van der Waals surface area contributed by atoms with Crippen LogP contribution in [0.3, 0.4) is 0 Å². The number of rotatable bonds is 9. The molecule has 3 aromatic carbocycles. The Morgan fingerprint density at radius 3 is 2.52 bits per heavy atom. The van der Waals surface area contributed by atoms with Crippen molar-refractivity contribution in [3.05, 3.63) is 89.5 Å². The second kappa shape index (κ2) is 10.7. The Morgan fingerprint density at radius 1 is 0.931 bits per heavy atom. The maximum Gasteiger partial charge on any atom is 0.338 e. The average molecular weight is 407 g/mol. The van der Waals surface area contributed by atoms with Crippen LogP contribution in [-0.4, -0.2) is 18.8 Å². The largest absolute Gasteiger partial charge is 0.488 e. The highest BCUT2D eigenvalue weighted by Crippen LogP contribution is 2.33. The van der Waals surface area contributed by atoms with E-state index >= 15 is 0 Å². The van der Waals surface area contributed by atoms with E-state index in [1.807, 2.05) is 61.5 Å². The van der Waals surface area contributed by atoms with Crippen LogP contribution >= 0.6 is 11.8 Å². The van der Waals surface area contributed by atoms with Gasteiger partial charge in [0.05, 0.1) is 12.2 Å². The van der Waals surface area contributed by atoms with Gasteiger partial charge in [-0.1, -0.05) is 55.5 Å². The molecule has 150 valence electrons. The van der Waals surface area contributed by atoms with Crippen LogP contribution in [0.4, 0.5) is 0 Å². The van der Waals surface area contributed by atoms with Gasteiger partial charge in [0.15, 0.2) is 0 Å². The number of hydrogen-bond acceptors (Lipinski definition) is 4. The second-order valence-corrected chi connectivity index (χ2v) is 7.62. The summed E-state index contributed by atoms with van der Waals surface area (Å²) in [5.74, 6) is 1.43. The summed E-state index contributed by atoms with van der Waals surface area (Å²) in [7, 11) is 0. The van der Waals surface area contributed by atoms with Gasteiger partial charge < -0.3 is 9.47 Å². The van der Waals surface area contributed by atoms with Crippen LogP contribution in [0.1, 0.15) is 34.8 Å². The van der Waals surface area contributed by atoms with E-state index in [2.05, 4.69) is 18.4 Å². The molecule has 3 rings (SSSR count). The lowest BCUT2D eigenvalue weighted by Gasteiger charge is -2.14. The van der Waals surface area contributed by atoms with Crippen molar-refractivity contribution in [3.63, 3.8) is 0 Å². The van der Waals surface area contributed by atoms with E-state index in [-0.39, 0.29) is 5.97 Å². The lowest BCUT2D eigenvalue weighted by molar-refractivity contribution is 0.0505. The number of carbonyl (C=O) groups is 1. The smallest absolute Gasteiger partial charge is 0.338 e. The van der Waals surface area contributed by atoms with Crippen LogP contribution in [0.2, 0.25) is 0 Å². The first-order valence-corrected chi connectivity index (χ1v) is 11.2. The zero-order chi connectivity index (χ0) is 20.5. The summed E-state index contributed by atoms with van der Waals surface area (Å²) in [5.41, 5.74) is 4.82. The Labute approximate surface area is 177 Å². The topological polar surface area (TPSA) is 35.5 Å². The summed E-state index contributed by atoms with van der Waals surface area (Å²) in [4.78, 5) is 12.3. The Hall–Kier alpha value is -2.72. The van der Waals surface area contributed by atoms with Gasteiger partial charge in [-0.15, -0.1) is 0 Å². The summed E-state index contributed by atoms with van der Waals surface area (Å²) in [6.07, 6.45) is 2.89. The number of benzene rings is 3. The molecule has 0 aliphatic rings. The van der Waals surface area contributed by atoms with Gasteiger partial charge in [-0.2, -0.15) is 11.8 Å². The van der Waals surface area contributed by atoms with Gasteiger partial charge in [-0.25, -0.2) is 4.79 Å². The van der Waals surface area contributed by atoms with Crippen molar-refractivity contribution < 1.29 is 14.3 Å². The molecule has 0 atom stereocenters. The fourth-order valence-corrected chi connectivity index (χ4v) is 3.53. The SMILES string of the molecule is CCCOC(=O)c1cccc(-c2cc(CSC)ccc2OCc2ccccc2)c1. The van der Waals surface area contributed by atoms with Gasteiger partial charge in [0.2, 0.25) is 0 Å². The van der Waals surface area contributed by atoms with E-state index in [4.69, 9.17) is 9.47 Å². The van der Waals surface area contributed by atoms with E-state index in [1.54, 1.807) is 17.8 Å². The molecule has 0 unspecified atom stereocenters. The van der Waals surface area contributed by atoms with Crippen molar-refractivity contribution in [1.82, 2.24) is 0 Å².